The van der Waals surface area contributed by atoms with Crippen molar-refractivity contribution < 1.29 is 14.6 Å². The van der Waals surface area contributed by atoms with Crippen LogP contribution in [0, 0.1) is 0 Å². The number of hydrogen-bond donors (Lipinski definition) is 3. The zero-order chi connectivity index (χ0) is 15.1. The average molecular weight is 301 g/mol. The number of aliphatic hydroxyl groups excluding tert-OH is 1. The largest absolute Gasteiger partial charge is 0.487 e. The van der Waals surface area contributed by atoms with Crippen LogP contribution in [0.3, 0.4) is 0 Å². The van der Waals surface area contributed by atoms with Crippen LogP contribution in [0.2, 0.25) is 5.02 Å². The normalized spacial score (nSPS) is 12.1. The first-order valence-electron chi connectivity index (χ1n) is 6.58. The number of hydrogen-bond acceptors (Lipinski definition) is 3. The van der Waals surface area contributed by atoms with E-state index in [0.29, 0.717) is 29.4 Å². The molecule has 2 amide bonds. The number of halogens is 1. The minimum Gasteiger partial charge on any atom is -0.487 e. The van der Waals surface area contributed by atoms with Gasteiger partial charge in [-0.15, -0.1) is 0 Å². The Balaban J connectivity index is 2.66. The van der Waals surface area contributed by atoms with Crippen molar-refractivity contribution >= 4 is 23.3 Å². The third-order valence-corrected chi connectivity index (χ3v) is 2.71. The van der Waals surface area contributed by atoms with Crippen molar-refractivity contribution in [1.29, 1.82) is 0 Å². The molecule has 0 aliphatic carbocycles. The van der Waals surface area contributed by atoms with E-state index in [9.17, 15) is 4.79 Å². The van der Waals surface area contributed by atoms with Gasteiger partial charge >= 0.3 is 6.03 Å². The summed E-state index contributed by atoms with van der Waals surface area (Å²) < 4.78 is 5.61. The summed E-state index contributed by atoms with van der Waals surface area (Å²) in [6.07, 6.45) is 0.00764. The maximum Gasteiger partial charge on any atom is 0.319 e. The lowest BCUT2D eigenvalue weighted by Crippen LogP contribution is -2.31. The van der Waals surface area contributed by atoms with Gasteiger partial charge in [-0.25, -0.2) is 4.79 Å². The van der Waals surface area contributed by atoms with E-state index in [1.54, 1.807) is 25.1 Å². The monoisotopic (exact) mass is 300 g/mol. The van der Waals surface area contributed by atoms with Gasteiger partial charge in [0.05, 0.1) is 22.9 Å². The van der Waals surface area contributed by atoms with E-state index in [1.165, 1.54) is 0 Å². The first-order chi connectivity index (χ1) is 9.40. The van der Waals surface area contributed by atoms with Gasteiger partial charge in [-0.2, -0.15) is 0 Å². The van der Waals surface area contributed by atoms with E-state index < -0.39 is 6.10 Å². The van der Waals surface area contributed by atoms with Crippen molar-refractivity contribution in [2.75, 3.05) is 11.9 Å². The predicted octanol–water partition coefficient (Wildman–Crippen LogP) is 3.02. The lowest BCUT2D eigenvalue weighted by Gasteiger charge is -2.16. The molecule has 0 spiro atoms. The standard InChI is InChI=1S/C14H21ClN2O3/c1-9(2)20-13-11(15)5-4-6-12(13)17-14(19)16-8-7-10(3)18/h4-6,9-10,18H,7-8H2,1-3H3,(H2,16,17,19). The van der Waals surface area contributed by atoms with Crippen molar-refractivity contribution in [3.63, 3.8) is 0 Å². The summed E-state index contributed by atoms with van der Waals surface area (Å²) in [4.78, 5) is 11.7. The van der Waals surface area contributed by atoms with Gasteiger partial charge in [-0.3, -0.25) is 0 Å². The van der Waals surface area contributed by atoms with Crippen LogP contribution in [0.25, 0.3) is 0 Å². The van der Waals surface area contributed by atoms with Gasteiger partial charge in [-0.1, -0.05) is 17.7 Å². The SMILES string of the molecule is CC(O)CCNC(=O)Nc1cccc(Cl)c1OC(C)C. The molecule has 6 heteroatoms. The molecule has 112 valence electrons. The van der Waals surface area contributed by atoms with Crippen LogP contribution in [-0.2, 0) is 0 Å². The molecule has 1 atom stereocenters. The zero-order valence-corrected chi connectivity index (χ0v) is 12.7. The van der Waals surface area contributed by atoms with Crippen LogP contribution in [0.1, 0.15) is 27.2 Å². The maximum atomic E-state index is 11.7. The Labute approximate surface area is 124 Å². The number of nitrogens with one attached hydrogen (secondary N) is 2. The predicted molar refractivity (Wildman–Crippen MR) is 80.5 cm³/mol. The molecule has 0 fully saturated rings. The van der Waals surface area contributed by atoms with Crippen LogP contribution in [0.4, 0.5) is 10.5 Å². The third kappa shape index (κ3) is 5.67. The number of benzene rings is 1. The van der Waals surface area contributed by atoms with Crippen molar-refractivity contribution in [3.8, 4) is 5.75 Å². The summed E-state index contributed by atoms with van der Waals surface area (Å²) in [6.45, 7) is 5.83. The molecule has 5 nitrogen and oxygen atoms in total. The minimum atomic E-state index is -0.443. The lowest BCUT2D eigenvalue weighted by atomic mass is 10.3. The second-order valence-electron chi connectivity index (χ2n) is 4.80. The Morgan fingerprint density at radius 1 is 1.40 bits per heavy atom. The fourth-order valence-electron chi connectivity index (χ4n) is 1.52. The van der Waals surface area contributed by atoms with E-state index in [4.69, 9.17) is 21.4 Å². The molecule has 20 heavy (non-hydrogen) atoms. The number of aliphatic hydroxyl groups is 1. The Morgan fingerprint density at radius 2 is 2.10 bits per heavy atom. The van der Waals surface area contributed by atoms with E-state index >= 15 is 0 Å². The topological polar surface area (TPSA) is 70.6 Å². The number of carbonyl (C=O) groups excluding carboxylic acids is 1. The number of rotatable bonds is 6. The lowest BCUT2D eigenvalue weighted by molar-refractivity contribution is 0.184. The van der Waals surface area contributed by atoms with Gasteiger partial charge in [0, 0.05) is 6.54 Å². The highest BCUT2D eigenvalue weighted by molar-refractivity contribution is 6.32. The molecular formula is C14H21ClN2O3. The first-order valence-corrected chi connectivity index (χ1v) is 6.96. The number of anilines is 1. The number of amides is 2. The molecule has 0 saturated heterocycles. The van der Waals surface area contributed by atoms with Crippen LogP contribution in [-0.4, -0.2) is 29.9 Å². The van der Waals surface area contributed by atoms with Gasteiger partial charge in [0.1, 0.15) is 0 Å². The minimum absolute atomic E-state index is 0.0475. The van der Waals surface area contributed by atoms with Gasteiger partial charge in [0.25, 0.3) is 0 Å². The van der Waals surface area contributed by atoms with Gasteiger partial charge < -0.3 is 20.5 Å². The van der Waals surface area contributed by atoms with Crippen molar-refractivity contribution in [3.05, 3.63) is 23.2 Å². The van der Waals surface area contributed by atoms with E-state index in [1.807, 2.05) is 13.8 Å². The van der Waals surface area contributed by atoms with Crippen molar-refractivity contribution in [2.24, 2.45) is 0 Å². The number of ether oxygens (including phenoxy) is 1. The highest BCUT2D eigenvalue weighted by atomic mass is 35.5. The Morgan fingerprint density at radius 3 is 2.70 bits per heavy atom. The molecule has 1 unspecified atom stereocenters. The summed E-state index contributed by atoms with van der Waals surface area (Å²) in [5, 5.41) is 14.9. The molecule has 0 aliphatic heterocycles. The van der Waals surface area contributed by atoms with E-state index in [0.717, 1.165) is 0 Å². The molecule has 3 N–H and O–H groups in total. The molecule has 0 aliphatic rings. The third-order valence-electron chi connectivity index (χ3n) is 2.42. The molecular weight excluding hydrogens is 280 g/mol. The van der Waals surface area contributed by atoms with Crippen molar-refractivity contribution in [2.45, 2.75) is 39.4 Å². The number of para-hydroxylation sites is 1. The molecule has 0 radical (unpaired) electrons. The smallest absolute Gasteiger partial charge is 0.319 e. The summed E-state index contributed by atoms with van der Waals surface area (Å²) >= 11 is 6.07. The second kappa shape index (κ2) is 7.97. The quantitative estimate of drug-likeness (QED) is 0.756. The highest BCUT2D eigenvalue weighted by Crippen LogP contribution is 2.33. The van der Waals surface area contributed by atoms with Gasteiger partial charge in [0.2, 0.25) is 0 Å². The molecule has 0 heterocycles. The zero-order valence-electron chi connectivity index (χ0n) is 11.9. The first kappa shape index (κ1) is 16.6. The van der Waals surface area contributed by atoms with E-state index in [-0.39, 0.29) is 12.1 Å². The Kier molecular flexibility index (Phi) is 6.61. The molecule has 0 aromatic heterocycles. The Bertz CT molecular complexity index is 450. The fourth-order valence-corrected chi connectivity index (χ4v) is 1.74. The van der Waals surface area contributed by atoms with E-state index in [2.05, 4.69) is 10.6 Å². The highest BCUT2D eigenvalue weighted by Gasteiger charge is 2.12. The van der Waals surface area contributed by atoms with Crippen LogP contribution in [0.15, 0.2) is 18.2 Å². The van der Waals surface area contributed by atoms with Crippen molar-refractivity contribution in [1.82, 2.24) is 5.32 Å². The fraction of sp³-hybridized carbons (Fsp3) is 0.500. The number of urea groups is 1. The molecule has 1 rings (SSSR count). The Hall–Kier alpha value is -1.46. The second-order valence-corrected chi connectivity index (χ2v) is 5.21. The van der Waals surface area contributed by atoms with Crippen LogP contribution in [0.5, 0.6) is 5.75 Å². The summed E-state index contributed by atoms with van der Waals surface area (Å²) in [5.41, 5.74) is 0.515. The molecule has 1 aromatic rings. The number of carbonyl (C=O) groups is 1. The van der Waals surface area contributed by atoms with Crippen LogP contribution >= 0.6 is 11.6 Å². The van der Waals surface area contributed by atoms with Gasteiger partial charge in [0.15, 0.2) is 5.75 Å². The molecule has 0 saturated carbocycles. The maximum absolute atomic E-state index is 11.7. The van der Waals surface area contributed by atoms with Crippen LogP contribution < -0.4 is 15.4 Å². The summed E-state index contributed by atoms with van der Waals surface area (Å²) in [5.74, 6) is 0.454. The van der Waals surface area contributed by atoms with Gasteiger partial charge in [-0.05, 0) is 39.3 Å². The average Bonchev–Trinajstić information content (AvgIpc) is 2.32. The summed E-state index contributed by atoms with van der Waals surface area (Å²) in [6, 6.07) is 4.80. The molecule has 1 aromatic carbocycles. The summed E-state index contributed by atoms with van der Waals surface area (Å²) in [7, 11) is 0. The molecule has 0 bridgehead atoms.